The Morgan fingerprint density at radius 1 is 1.56 bits per heavy atom. The van der Waals surface area contributed by atoms with Crippen LogP contribution in [-0.2, 0) is 4.79 Å². The average molecular weight is 227 g/mol. The molecule has 1 aliphatic carbocycles. The standard InChI is InChI=1S/C12H25N3O/c1-3-10(2)14-12(16)9-15(8-7-13)11-5-4-6-11/h10-11H,3-9,13H2,1-2H3,(H,14,16). The summed E-state index contributed by atoms with van der Waals surface area (Å²) in [7, 11) is 0. The SMILES string of the molecule is CCC(C)NC(=O)CN(CCN)C1CCC1. The molecule has 1 rings (SSSR count). The van der Waals surface area contributed by atoms with Gasteiger partial charge in [-0.15, -0.1) is 0 Å². The molecule has 1 saturated carbocycles. The molecule has 0 aromatic carbocycles. The topological polar surface area (TPSA) is 58.4 Å². The first-order valence-electron chi connectivity index (χ1n) is 6.40. The maximum absolute atomic E-state index is 11.7. The van der Waals surface area contributed by atoms with Gasteiger partial charge in [-0.25, -0.2) is 0 Å². The predicted molar refractivity (Wildman–Crippen MR) is 66.2 cm³/mol. The van der Waals surface area contributed by atoms with Crippen molar-refractivity contribution < 1.29 is 4.79 Å². The quantitative estimate of drug-likeness (QED) is 0.673. The summed E-state index contributed by atoms with van der Waals surface area (Å²) in [4.78, 5) is 14.0. The molecule has 0 radical (unpaired) electrons. The van der Waals surface area contributed by atoms with E-state index in [0.29, 0.717) is 19.1 Å². The largest absolute Gasteiger partial charge is 0.353 e. The van der Waals surface area contributed by atoms with Crippen LogP contribution in [0.5, 0.6) is 0 Å². The van der Waals surface area contributed by atoms with E-state index in [9.17, 15) is 4.79 Å². The highest BCUT2D eigenvalue weighted by atomic mass is 16.2. The number of nitrogens with two attached hydrogens (primary N) is 1. The Kier molecular flexibility index (Phi) is 5.77. The van der Waals surface area contributed by atoms with Crippen molar-refractivity contribution in [1.82, 2.24) is 10.2 Å². The van der Waals surface area contributed by atoms with E-state index in [1.165, 1.54) is 19.3 Å². The molecule has 1 aliphatic rings. The normalized spacial score (nSPS) is 18.2. The van der Waals surface area contributed by atoms with E-state index in [-0.39, 0.29) is 11.9 Å². The minimum atomic E-state index is 0.134. The first-order valence-corrected chi connectivity index (χ1v) is 6.40. The van der Waals surface area contributed by atoms with E-state index in [1.807, 2.05) is 6.92 Å². The molecule has 0 saturated heterocycles. The van der Waals surface area contributed by atoms with Crippen LogP contribution in [-0.4, -0.2) is 42.5 Å². The molecule has 0 aromatic heterocycles. The third-order valence-electron chi connectivity index (χ3n) is 3.37. The fraction of sp³-hybridized carbons (Fsp3) is 0.917. The molecule has 0 heterocycles. The maximum Gasteiger partial charge on any atom is 0.234 e. The first-order chi connectivity index (χ1) is 7.67. The van der Waals surface area contributed by atoms with Gasteiger partial charge in [0.2, 0.25) is 5.91 Å². The second-order valence-electron chi connectivity index (χ2n) is 4.72. The van der Waals surface area contributed by atoms with Crippen molar-refractivity contribution in [3.05, 3.63) is 0 Å². The zero-order valence-electron chi connectivity index (χ0n) is 10.5. The van der Waals surface area contributed by atoms with Crippen molar-refractivity contribution in [3.63, 3.8) is 0 Å². The monoisotopic (exact) mass is 227 g/mol. The van der Waals surface area contributed by atoms with Gasteiger partial charge in [0, 0.05) is 25.2 Å². The lowest BCUT2D eigenvalue weighted by atomic mass is 9.91. The molecule has 1 amide bonds. The van der Waals surface area contributed by atoms with Crippen molar-refractivity contribution in [3.8, 4) is 0 Å². The molecule has 0 spiro atoms. The third-order valence-corrected chi connectivity index (χ3v) is 3.37. The molecule has 0 aliphatic heterocycles. The zero-order chi connectivity index (χ0) is 12.0. The minimum Gasteiger partial charge on any atom is -0.353 e. The molecule has 4 nitrogen and oxygen atoms in total. The van der Waals surface area contributed by atoms with Crippen LogP contribution >= 0.6 is 0 Å². The van der Waals surface area contributed by atoms with Crippen LogP contribution in [0, 0.1) is 0 Å². The van der Waals surface area contributed by atoms with E-state index < -0.39 is 0 Å². The number of hydrogen-bond acceptors (Lipinski definition) is 3. The fourth-order valence-electron chi connectivity index (χ4n) is 1.92. The Morgan fingerprint density at radius 3 is 2.69 bits per heavy atom. The molecular weight excluding hydrogens is 202 g/mol. The van der Waals surface area contributed by atoms with E-state index in [0.717, 1.165) is 13.0 Å². The van der Waals surface area contributed by atoms with Crippen LogP contribution in [0.3, 0.4) is 0 Å². The number of nitrogens with one attached hydrogen (secondary N) is 1. The van der Waals surface area contributed by atoms with E-state index in [4.69, 9.17) is 5.73 Å². The first kappa shape index (κ1) is 13.5. The zero-order valence-corrected chi connectivity index (χ0v) is 10.5. The van der Waals surface area contributed by atoms with Crippen LogP contribution in [0.1, 0.15) is 39.5 Å². The van der Waals surface area contributed by atoms with Crippen molar-refractivity contribution in [2.45, 2.75) is 51.6 Å². The molecule has 4 heteroatoms. The van der Waals surface area contributed by atoms with Crippen LogP contribution in [0.25, 0.3) is 0 Å². The lowest BCUT2D eigenvalue weighted by Gasteiger charge is -2.37. The summed E-state index contributed by atoms with van der Waals surface area (Å²) in [5, 5.41) is 3.00. The smallest absolute Gasteiger partial charge is 0.234 e. The summed E-state index contributed by atoms with van der Waals surface area (Å²) >= 11 is 0. The second kappa shape index (κ2) is 6.86. The summed E-state index contributed by atoms with van der Waals surface area (Å²) in [6.07, 6.45) is 4.71. The summed E-state index contributed by atoms with van der Waals surface area (Å²) in [6.45, 7) is 6.08. The molecule has 94 valence electrons. The summed E-state index contributed by atoms with van der Waals surface area (Å²) in [6, 6.07) is 0.861. The van der Waals surface area contributed by atoms with Crippen molar-refractivity contribution in [2.24, 2.45) is 5.73 Å². The third kappa shape index (κ3) is 4.10. The summed E-state index contributed by atoms with van der Waals surface area (Å²) < 4.78 is 0. The number of amides is 1. The van der Waals surface area contributed by atoms with E-state index >= 15 is 0 Å². The van der Waals surface area contributed by atoms with Gasteiger partial charge in [0.25, 0.3) is 0 Å². The molecule has 1 unspecified atom stereocenters. The highest BCUT2D eigenvalue weighted by Gasteiger charge is 2.25. The number of rotatable bonds is 7. The summed E-state index contributed by atoms with van der Waals surface area (Å²) in [5.41, 5.74) is 5.58. The molecular formula is C12H25N3O. The number of hydrogen-bond donors (Lipinski definition) is 2. The highest BCUT2D eigenvalue weighted by molar-refractivity contribution is 5.78. The van der Waals surface area contributed by atoms with Gasteiger partial charge in [-0.3, -0.25) is 9.69 Å². The Labute approximate surface area is 98.6 Å². The highest BCUT2D eigenvalue weighted by Crippen LogP contribution is 2.24. The Bertz CT molecular complexity index is 216. The minimum absolute atomic E-state index is 0.134. The lowest BCUT2D eigenvalue weighted by Crippen LogP contribution is -2.48. The van der Waals surface area contributed by atoms with Crippen LogP contribution in [0.4, 0.5) is 0 Å². The summed E-state index contributed by atoms with van der Waals surface area (Å²) in [5.74, 6) is 0.134. The van der Waals surface area contributed by atoms with Gasteiger partial charge in [-0.2, -0.15) is 0 Å². The average Bonchev–Trinajstić information content (AvgIpc) is 2.15. The van der Waals surface area contributed by atoms with Crippen LogP contribution in [0.15, 0.2) is 0 Å². The van der Waals surface area contributed by atoms with Gasteiger partial charge >= 0.3 is 0 Å². The van der Waals surface area contributed by atoms with Crippen LogP contribution in [0.2, 0.25) is 0 Å². The number of carbonyl (C=O) groups is 1. The predicted octanol–water partition coefficient (Wildman–Crippen LogP) is 0.714. The second-order valence-corrected chi connectivity index (χ2v) is 4.72. The van der Waals surface area contributed by atoms with Crippen molar-refractivity contribution >= 4 is 5.91 Å². The molecule has 1 atom stereocenters. The maximum atomic E-state index is 11.7. The number of nitrogens with zero attached hydrogens (tertiary/aromatic N) is 1. The van der Waals surface area contributed by atoms with Gasteiger partial charge in [-0.05, 0) is 26.2 Å². The Hall–Kier alpha value is -0.610. The van der Waals surface area contributed by atoms with Crippen LogP contribution < -0.4 is 11.1 Å². The molecule has 0 bridgehead atoms. The lowest BCUT2D eigenvalue weighted by molar-refractivity contribution is -0.123. The van der Waals surface area contributed by atoms with Gasteiger partial charge in [-0.1, -0.05) is 13.3 Å². The Balaban J connectivity index is 2.32. The van der Waals surface area contributed by atoms with Gasteiger partial charge in [0.15, 0.2) is 0 Å². The van der Waals surface area contributed by atoms with Crippen molar-refractivity contribution in [1.29, 1.82) is 0 Å². The van der Waals surface area contributed by atoms with Gasteiger partial charge in [0.1, 0.15) is 0 Å². The molecule has 0 aromatic rings. The van der Waals surface area contributed by atoms with Gasteiger partial charge in [0.05, 0.1) is 6.54 Å². The van der Waals surface area contributed by atoms with Gasteiger partial charge < -0.3 is 11.1 Å². The Morgan fingerprint density at radius 2 is 2.25 bits per heavy atom. The molecule has 3 N–H and O–H groups in total. The van der Waals surface area contributed by atoms with E-state index in [2.05, 4.69) is 17.1 Å². The molecule has 1 fully saturated rings. The molecule has 16 heavy (non-hydrogen) atoms. The fourth-order valence-corrected chi connectivity index (χ4v) is 1.92. The van der Waals surface area contributed by atoms with E-state index in [1.54, 1.807) is 0 Å². The van der Waals surface area contributed by atoms with Crippen molar-refractivity contribution in [2.75, 3.05) is 19.6 Å². The number of carbonyl (C=O) groups excluding carboxylic acids is 1.